The molecule has 0 unspecified atom stereocenters. The molecular weight excluding hydrogens is 280 g/mol. The minimum atomic E-state index is 0.629. The summed E-state index contributed by atoms with van der Waals surface area (Å²) in [5.74, 6) is 1.26. The maximum Gasteiger partial charge on any atom is 0.168 e. The molecule has 0 fully saturated rings. The van der Waals surface area contributed by atoms with E-state index in [1.54, 1.807) is 22.0 Å². The number of aromatic nitrogens is 8. The normalized spacial score (nSPS) is 10.7. The zero-order chi connectivity index (χ0) is 14.8. The second kappa shape index (κ2) is 5.17. The van der Waals surface area contributed by atoms with E-state index in [0.717, 1.165) is 11.1 Å². The Labute approximate surface area is 125 Å². The lowest BCUT2D eigenvalue weighted by molar-refractivity contribution is 0.805. The fourth-order valence-electron chi connectivity index (χ4n) is 2.21. The molecule has 0 bridgehead atoms. The van der Waals surface area contributed by atoms with Crippen LogP contribution in [0.3, 0.4) is 0 Å². The summed E-state index contributed by atoms with van der Waals surface area (Å²) in [6, 6.07) is 9.84. The predicted octanol–water partition coefficient (Wildman–Crippen LogP) is 1.30. The average molecular weight is 290 g/mol. The van der Waals surface area contributed by atoms with E-state index in [-0.39, 0.29) is 0 Å². The Balaban J connectivity index is 2.03. The first-order valence-electron chi connectivity index (χ1n) is 6.54. The number of rotatable bonds is 3. The molecule has 0 saturated heterocycles. The van der Waals surface area contributed by atoms with Crippen molar-refractivity contribution in [3.8, 4) is 22.8 Å². The molecule has 0 atom stereocenters. The summed E-state index contributed by atoms with van der Waals surface area (Å²) in [6.45, 7) is 0. The van der Waals surface area contributed by atoms with Gasteiger partial charge < -0.3 is 0 Å². The van der Waals surface area contributed by atoms with Gasteiger partial charge >= 0.3 is 0 Å². The lowest BCUT2D eigenvalue weighted by atomic mass is 10.1. The minimum absolute atomic E-state index is 0.629. The third kappa shape index (κ3) is 2.03. The fraction of sp³-hybridized carbons (Fsp3) is 0. The van der Waals surface area contributed by atoms with Crippen LogP contribution < -0.4 is 0 Å². The summed E-state index contributed by atoms with van der Waals surface area (Å²) in [7, 11) is 0. The van der Waals surface area contributed by atoms with E-state index in [4.69, 9.17) is 0 Å². The molecule has 4 aromatic rings. The van der Waals surface area contributed by atoms with Crippen molar-refractivity contribution in [2.75, 3.05) is 0 Å². The molecule has 0 saturated carbocycles. The van der Waals surface area contributed by atoms with Gasteiger partial charge in [-0.25, -0.2) is 29.3 Å². The Morgan fingerprint density at radius 2 is 1.27 bits per heavy atom. The quantitative estimate of drug-likeness (QED) is 0.565. The van der Waals surface area contributed by atoms with Gasteiger partial charge in [-0.15, -0.1) is 0 Å². The Kier molecular flexibility index (Phi) is 2.90. The molecule has 0 aliphatic carbocycles. The molecule has 0 amide bonds. The summed E-state index contributed by atoms with van der Waals surface area (Å²) >= 11 is 0. The Morgan fingerprint density at radius 3 is 1.77 bits per heavy atom. The minimum Gasteiger partial charge on any atom is -0.223 e. The molecule has 3 aromatic heterocycles. The highest BCUT2D eigenvalue weighted by Crippen LogP contribution is 2.29. The van der Waals surface area contributed by atoms with Crippen LogP contribution in [0, 0.1) is 0 Å². The fourth-order valence-corrected chi connectivity index (χ4v) is 2.21. The maximum absolute atomic E-state index is 4.36. The molecule has 4 rings (SSSR count). The van der Waals surface area contributed by atoms with Gasteiger partial charge in [-0.1, -0.05) is 30.3 Å². The molecule has 1 aromatic carbocycles. The molecule has 22 heavy (non-hydrogen) atoms. The molecule has 0 N–H and O–H groups in total. The van der Waals surface area contributed by atoms with Gasteiger partial charge in [0.1, 0.15) is 31.6 Å². The first-order chi connectivity index (χ1) is 10.9. The van der Waals surface area contributed by atoms with Gasteiger partial charge in [0.15, 0.2) is 11.6 Å². The molecule has 0 aliphatic heterocycles. The highest BCUT2D eigenvalue weighted by molar-refractivity contribution is 5.76. The van der Waals surface area contributed by atoms with Crippen LogP contribution in [0.4, 0.5) is 0 Å². The van der Waals surface area contributed by atoms with Crippen molar-refractivity contribution in [2.45, 2.75) is 0 Å². The Bertz CT molecular complexity index is 816. The average Bonchev–Trinajstić information content (AvgIpc) is 3.28. The lowest BCUT2D eigenvalue weighted by Crippen LogP contribution is -2.08. The number of nitrogens with zero attached hydrogens (tertiary/aromatic N) is 8. The topological polar surface area (TPSA) is 87.2 Å². The molecule has 3 heterocycles. The van der Waals surface area contributed by atoms with E-state index >= 15 is 0 Å². The van der Waals surface area contributed by atoms with Crippen molar-refractivity contribution in [3.63, 3.8) is 0 Å². The molecular formula is C14H10N8. The van der Waals surface area contributed by atoms with Crippen molar-refractivity contribution < 1.29 is 0 Å². The summed E-state index contributed by atoms with van der Waals surface area (Å²) in [6.07, 6.45) is 7.60. The summed E-state index contributed by atoms with van der Waals surface area (Å²) in [4.78, 5) is 16.7. The monoisotopic (exact) mass is 290 g/mol. The van der Waals surface area contributed by atoms with Crippen molar-refractivity contribution in [1.29, 1.82) is 0 Å². The van der Waals surface area contributed by atoms with Crippen LogP contribution in [-0.4, -0.2) is 39.5 Å². The first kappa shape index (κ1) is 12.3. The number of benzene rings is 1. The van der Waals surface area contributed by atoms with E-state index in [1.807, 2.05) is 30.3 Å². The summed E-state index contributed by atoms with van der Waals surface area (Å²) in [5.41, 5.74) is 1.76. The van der Waals surface area contributed by atoms with Gasteiger partial charge in [-0.05, 0) is 5.56 Å². The first-order valence-corrected chi connectivity index (χ1v) is 6.54. The second-order valence-corrected chi connectivity index (χ2v) is 4.44. The third-order valence-corrected chi connectivity index (χ3v) is 3.14. The molecule has 8 nitrogen and oxygen atoms in total. The van der Waals surface area contributed by atoms with Gasteiger partial charge in [0, 0.05) is 0 Å². The highest BCUT2D eigenvalue weighted by Gasteiger charge is 2.17. The van der Waals surface area contributed by atoms with Crippen LogP contribution in [0.1, 0.15) is 0 Å². The van der Waals surface area contributed by atoms with E-state index < -0.39 is 0 Å². The molecule has 0 radical (unpaired) electrons. The number of hydrogen-bond acceptors (Lipinski definition) is 6. The van der Waals surface area contributed by atoms with Crippen molar-refractivity contribution in [3.05, 3.63) is 62.0 Å². The van der Waals surface area contributed by atoms with Gasteiger partial charge in [-0.2, -0.15) is 10.2 Å². The van der Waals surface area contributed by atoms with Gasteiger partial charge in [0.05, 0.1) is 5.56 Å². The molecule has 106 valence electrons. The smallest absolute Gasteiger partial charge is 0.168 e. The zero-order valence-electron chi connectivity index (χ0n) is 11.4. The summed E-state index contributed by atoms with van der Waals surface area (Å²) < 4.78 is 3.20. The van der Waals surface area contributed by atoms with Crippen LogP contribution in [0.2, 0.25) is 0 Å². The van der Waals surface area contributed by atoms with Crippen molar-refractivity contribution >= 4 is 0 Å². The molecule has 0 aliphatic rings. The SMILES string of the molecule is c1ccc(-c2c(-n3cncn3)ncnc2-n2cncn2)cc1. The lowest BCUT2D eigenvalue weighted by Gasteiger charge is -2.12. The molecule has 8 heteroatoms. The van der Waals surface area contributed by atoms with Gasteiger partial charge in [-0.3, -0.25) is 0 Å². The standard InChI is InChI=1S/C14H10N8/c1-2-4-11(5-3-1)12-13(21-9-15-6-19-21)17-8-18-14(12)22-10-16-7-20-22/h1-10H. The van der Waals surface area contributed by atoms with E-state index in [0.29, 0.717) is 11.6 Å². The van der Waals surface area contributed by atoms with Crippen LogP contribution in [0.5, 0.6) is 0 Å². The van der Waals surface area contributed by atoms with Crippen LogP contribution in [0.15, 0.2) is 62.0 Å². The second-order valence-electron chi connectivity index (χ2n) is 4.44. The van der Waals surface area contributed by atoms with Gasteiger partial charge in [0.2, 0.25) is 0 Å². The van der Waals surface area contributed by atoms with E-state index in [9.17, 15) is 0 Å². The van der Waals surface area contributed by atoms with Crippen LogP contribution in [0.25, 0.3) is 22.8 Å². The van der Waals surface area contributed by atoms with Crippen LogP contribution >= 0.6 is 0 Å². The van der Waals surface area contributed by atoms with E-state index in [2.05, 4.69) is 30.1 Å². The number of hydrogen-bond donors (Lipinski definition) is 0. The van der Waals surface area contributed by atoms with Crippen molar-refractivity contribution in [1.82, 2.24) is 39.5 Å². The molecule has 0 spiro atoms. The Morgan fingerprint density at radius 1 is 0.682 bits per heavy atom. The van der Waals surface area contributed by atoms with E-state index in [1.165, 1.54) is 19.0 Å². The van der Waals surface area contributed by atoms with Crippen molar-refractivity contribution in [2.24, 2.45) is 0 Å². The maximum atomic E-state index is 4.36. The highest BCUT2D eigenvalue weighted by atomic mass is 15.4. The van der Waals surface area contributed by atoms with Gasteiger partial charge in [0.25, 0.3) is 0 Å². The van der Waals surface area contributed by atoms with Crippen LogP contribution in [-0.2, 0) is 0 Å². The predicted molar refractivity (Wildman–Crippen MR) is 77.3 cm³/mol. The largest absolute Gasteiger partial charge is 0.223 e. The zero-order valence-corrected chi connectivity index (χ0v) is 11.4. The summed E-state index contributed by atoms with van der Waals surface area (Å²) in [5, 5.41) is 8.33. The third-order valence-electron chi connectivity index (χ3n) is 3.14. The Hall–Kier alpha value is -3.42.